The summed E-state index contributed by atoms with van der Waals surface area (Å²) in [7, 11) is 0. The first kappa shape index (κ1) is 7.00. The van der Waals surface area contributed by atoms with Gasteiger partial charge < -0.3 is 0 Å². The lowest BCUT2D eigenvalue weighted by atomic mass is 10.5. The maximum absolute atomic E-state index is 5.16. The molecule has 0 bridgehead atoms. The van der Waals surface area contributed by atoms with Gasteiger partial charge in [0.2, 0.25) is 0 Å². The van der Waals surface area contributed by atoms with Crippen LogP contribution in [0.25, 0.3) is 10.8 Å². The third-order valence-electron chi connectivity index (χ3n) is 1.27. The Kier molecular flexibility index (Phi) is 1.61. The van der Waals surface area contributed by atoms with Gasteiger partial charge in [-0.2, -0.15) is 5.10 Å². The molecule has 0 atom stereocenters. The second-order valence-electron chi connectivity index (χ2n) is 2.02. The Balaban J connectivity index is 2.44. The number of aromatic amines is 1. The number of nitrogens with zero attached hydrogens (tertiary/aromatic N) is 3. The standard InChI is InChI=1S/C7H4N4S/c1-2-5-3-12-7(10-5)6-8-4-9-11-6/h1,3-4H,(H,8,9,11). The average Bonchev–Trinajstić information content (AvgIpc) is 2.75. The third-order valence-corrected chi connectivity index (χ3v) is 2.12. The van der Waals surface area contributed by atoms with Crippen LogP contribution in [0.5, 0.6) is 0 Å². The van der Waals surface area contributed by atoms with Gasteiger partial charge in [-0.1, -0.05) is 0 Å². The number of nitrogens with one attached hydrogen (secondary N) is 1. The Morgan fingerprint density at radius 2 is 2.50 bits per heavy atom. The van der Waals surface area contributed by atoms with Crippen LogP contribution in [0.4, 0.5) is 0 Å². The van der Waals surface area contributed by atoms with Gasteiger partial charge in [0.15, 0.2) is 10.8 Å². The molecule has 2 rings (SSSR count). The average molecular weight is 176 g/mol. The second-order valence-corrected chi connectivity index (χ2v) is 2.87. The van der Waals surface area contributed by atoms with Crippen molar-refractivity contribution in [2.24, 2.45) is 0 Å². The maximum Gasteiger partial charge on any atom is 0.184 e. The van der Waals surface area contributed by atoms with E-state index in [2.05, 4.69) is 26.1 Å². The molecule has 0 aliphatic carbocycles. The van der Waals surface area contributed by atoms with E-state index in [-0.39, 0.29) is 0 Å². The number of rotatable bonds is 1. The van der Waals surface area contributed by atoms with Crippen LogP contribution in [0.2, 0.25) is 0 Å². The molecule has 2 heterocycles. The summed E-state index contributed by atoms with van der Waals surface area (Å²) in [4.78, 5) is 8.07. The number of aromatic nitrogens is 4. The summed E-state index contributed by atoms with van der Waals surface area (Å²) < 4.78 is 0. The molecule has 4 nitrogen and oxygen atoms in total. The monoisotopic (exact) mass is 176 g/mol. The number of hydrogen-bond acceptors (Lipinski definition) is 4. The fourth-order valence-electron chi connectivity index (χ4n) is 0.757. The van der Waals surface area contributed by atoms with Crippen molar-refractivity contribution < 1.29 is 0 Å². The van der Waals surface area contributed by atoms with Gasteiger partial charge in [0.05, 0.1) is 0 Å². The van der Waals surface area contributed by atoms with Crippen molar-refractivity contribution in [2.75, 3.05) is 0 Å². The first-order valence-electron chi connectivity index (χ1n) is 3.18. The molecule has 0 saturated heterocycles. The van der Waals surface area contributed by atoms with Crippen LogP contribution in [-0.4, -0.2) is 20.2 Å². The molecule has 2 aromatic rings. The van der Waals surface area contributed by atoms with Gasteiger partial charge in [0, 0.05) is 5.38 Å². The van der Waals surface area contributed by atoms with Crippen LogP contribution < -0.4 is 0 Å². The highest BCUT2D eigenvalue weighted by Gasteiger charge is 2.04. The molecule has 0 fully saturated rings. The zero-order valence-corrected chi connectivity index (χ0v) is 6.80. The Labute approximate surface area is 72.7 Å². The predicted molar refractivity (Wildman–Crippen MR) is 45.4 cm³/mol. The summed E-state index contributed by atoms with van der Waals surface area (Å²) >= 11 is 1.44. The minimum atomic E-state index is 0.631. The Morgan fingerprint density at radius 1 is 1.58 bits per heavy atom. The lowest BCUT2D eigenvalue weighted by Gasteiger charge is -1.83. The fraction of sp³-hybridized carbons (Fsp3) is 0. The van der Waals surface area contributed by atoms with Crippen molar-refractivity contribution in [3.05, 3.63) is 17.4 Å². The minimum absolute atomic E-state index is 0.631. The number of thiazole rings is 1. The second kappa shape index (κ2) is 2.75. The Hall–Kier alpha value is -1.67. The van der Waals surface area contributed by atoms with Gasteiger partial charge in [-0.15, -0.1) is 17.8 Å². The molecule has 2 aromatic heterocycles. The van der Waals surface area contributed by atoms with E-state index in [1.807, 2.05) is 0 Å². The number of hydrogen-bond donors (Lipinski definition) is 1. The molecular weight excluding hydrogens is 172 g/mol. The van der Waals surface area contributed by atoms with Gasteiger partial charge in [0.25, 0.3) is 0 Å². The molecule has 1 N–H and O–H groups in total. The van der Waals surface area contributed by atoms with E-state index in [4.69, 9.17) is 6.42 Å². The molecule has 0 spiro atoms. The molecule has 0 radical (unpaired) electrons. The van der Waals surface area contributed by atoms with Crippen LogP contribution >= 0.6 is 11.3 Å². The molecular formula is C7H4N4S. The summed E-state index contributed by atoms with van der Waals surface area (Å²) in [5, 5.41) is 8.99. The van der Waals surface area contributed by atoms with Crippen LogP contribution in [0.15, 0.2) is 11.7 Å². The highest BCUT2D eigenvalue weighted by atomic mass is 32.1. The summed E-state index contributed by atoms with van der Waals surface area (Å²) in [5.41, 5.74) is 0.631. The lowest BCUT2D eigenvalue weighted by molar-refractivity contribution is 1.09. The van der Waals surface area contributed by atoms with Crippen molar-refractivity contribution in [1.82, 2.24) is 20.2 Å². The van der Waals surface area contributed by atoms with Gasteiger partial charge >= 0.3 is 0 Å². The number of terminal acetylenes is 1. The molecule has 0 amide bonds. The SMILES string of the molecule is C#Cc1csc(-c2ncn[nH]2)n1. The van der Waals surface area contributed by atoms with Crippen LogP contribution in [-0.2, 0) is 0 Å². The largest absolute Gasteiger partial charge is 0.257 e. The quantitative estimate of drug-likeness (QED) is 0.657. The van der Waals surface area contributed by atoms with Crippen molar-refractivity contribution in [2.45, 2.75) is 0 Å². The first-order chi connectivity index (χ1) is 5.90. The minimum Gasteiger partial charge on any atom is -0.257 e. The van der Waals surface area contributed by atoms with Gasteiger partial charge in [0.1, 0.15) is 12.0 Å². The molecule has 0 unspecified atom stereocenters. The van der Waals surface area contributed by atoms with E-state index < -0.39 is 0 Å². The van der Waals surface area contributed by atoms with Crippen LogP contribution in [0.1, 0.15) is 5.69 Å². The Bertz CT molecular complexity index is 409. The Morgan fingerprint density at radius 3 is 3.08 bits per heavy atom. The van der Waals surface area contributed by atoms with Crippen molar-refractivity contribution in [3.8, 4) is 23.2 Å². The highest BCUT2D eigenvalue weighted by Crippen LogP contribution is 2.18. The third kappa shape index (κ3) is 1.08. The smallest absolute Gasteiger partial charge is 0.184 e. The lowest BCUT2D eigenvalue weighted by Crippen LogP contribution is -1.79. The summed E-state index contributed by atoms with van der Waals surface area (Å²) in [6.07, 6.45) is 6.60. The van der Waals surface area contributed by atoms with Gasteiger partial charge in [-0.05, 0) is 5.92 Å². The van der Waals surface area contributed by atoms with E-state index in [0.29, 0.717) is 11.5 Å². The first-order valence-corrected chi connectivity index (χ1v) is 4.06. The zero-order chi connectivity index (χ0) is 8.39. The summed E-state index contributed by atoms with van der Waals surface area (Å²) in [5.74, 6) is 3.10. The summed E-state index contributed by atoms with van der Waals surface area (Å²) in [6.45, 7) is 0. The molecule has 5 heteroatoms. The van der Waals surface area contributed by atoms with Crippen molar-refractivity contribution in [3.63, 3.8) is 0 Å². The van der Waals surface area contributed by atoms with Crippen LogP contribution in [0.3, 0.4) is 0 Å². The fourth-order valence-corrected chi connectivity index (χ4v) is 1.46. The molecule has 0 saturated carbocycles. The molecule has 0 aromatic carbocycles. The topological polar surface area (TPSA) is 54.5 Å². The molecule has 58 valence electrons. The van der Waals surface area contributed by atoms with Crippen molar-refractivity contribution >= 4 is 11.3 Å². The van der Waals surface area contributed by atoms with E-state index >= 15 is 0 Å². The van der Waals surface area contributed by atoms with Gasteiger partial charge in [-0.3, -0.25) is 5.10 Å². The van der Waals surface area contributed by atoms with Gasteiger partial charge in [-0.25, -0.2) is 9.97 Å². The maximum atomic E-state index is 5.16. The molecule has 12 heavy (non-hydrogen) atoms. The van der Waals surface area contributed by atoms with E-state index in [9.17, 15) is 0 Å². The predicted octanol–water partition coefficient (Wildman–Crippen LogP) is 0.909. The van der Waals surface area contributed by atoms with E-state index in [1.54, 1.807) is 5.38 Å². The number of H-pyrrole nitrogens is 1. The molecule has 0 aliphatic heterocycles. The highest BCUT2D eigenvalue weighted by molar-refractivity contribution is 7.13. The van der Waals surface area contributed by atoms with Crippen LogP contribution in [0, 0.1) is 12.3 Å². The molecule has 0 aliphatic rings. The van der Waals surface area contributed by atoms with Crippen molar-refractivity contribution in [1.29, 1.82) is 0 Å². The van der Waals surface area contributed by atoms with E-state index in [1.165, 1.54) is 17.7 Å². The summed E-state index contributed by atoms with van der Waals surface area (Å²) in [6, 6.07) is 0. The normalized spacial score (nSPS) is 9.58. The zero-order valence-electron chi connectivity index (χ0n) is 5.98. The van der Waals surface area contributed by atoms with E-state index in [0.717, 1.165) is 5.01 Å².